The van der Waals surface area contributed by atoms with Gasteiger partial charge in [-0.2, -0.15) is 0 Å². The lowest BCUT2D eigenvalue weighted by Gasteiger charge is -2.34. The average molecular weight is 410 g/mol. The van der Waals surface area contributed by atoms with Gasteiger partial charge in [0, 0.05) is 26.2 Å². The minimum Gasteiger partial charge on any atom is -0.496 e. The van der Waals surface area contributed by atoms with E-state index < -0.39 is 0 Å². The fourth-order valence-corrected chi connectivity index (χ4v) is 4.91. The Bertz CT molecular complexity index is 1050. The van der Waals surface area contributed by atoms with Crippen LogP contribution in [0, 0.1) is 20.8 Å². The molecule has 3 aromatic rings. The van der Waals surface area contributed by atoms with Gasteiger partial charge in [0.05, 0.1) is 23.7 Å². The Balaban J connectivity index is 1.39. The highest BCUT2D eigenvalue weighted by atomic mass is 32.1. The third-order valence-corrected chi connectivity index (χ3v) is 6.87. The van der Waals surface area contributed by atoms with Crippen LogP contribution in [0.25, 0.3) is 10.2 Å². The Morgan fingerprint density at radius 3 is 2.52 bits per heavy atom. The van der Waals surface area contributed by atoms with Gasteiger partial charge in [0.2, 0.25) is 5.91 Å². The van der Waals surface area contributed by atoms with Crippen molar-refractivity contribution in [2.75, 3.05) is 38.2 Å². The van der Waals surface area contributed by atoms with Gasteiger partial charge < -0.3 is 14.5 Å². The topological polar surface area (TPSA) is 45.7 Å². The number of nitrogens with zero attached hydrogens (tertiary/aromatic N) is 3. The zero-order chi connectivity index (χ0) is 20.5. The molecule has 0 spiro atoms. The van der Waals surface area contributed by atoms with Crippen LogP contribution in [0.2, 0.25) is 0 Å². The standard InChI is InChI=1S/C23H27N3O2S/c1-15-5-8-20-22(17(15)3)24-23(29-20)26-11-9-25(10-12-26)21(27)14-18-6-7-19(28-4)16(2)13-18/h5-8,13H,9-12,14H2,1-4H3. The summed E-state index contributed by atoms with van der Waals surface area (Å²) in [5.74, 6) is 1.04. The Kier molecular flexibility index (Phi) is 5.46. The maximum atomic E-state index is 12.8. The molecule has 6 heteroatoms. The fourth-order valence-electron chi connectivity index (χ4n) is 3.83. The first kappa shape index (κ1) is 19.7. The highest BCUT2D eigenvalue weighted by molar-refractivity contribution is 7.22. The molecule has 152 valence electrons. The number of carbonyl (C=O) groups excluding carboxylic acids is 1. The highest BCUT2D eigenvalue weighted by Gasteiger charge is 2.23. The van der Waals surface area contributed by atoms with Crippen molar-refractivity contribution >= 4 is 32.6 Å². The summed E-state index contributed by atoms with van der Waals surface area (Å²) in [6.45, 7) is 9.40. The molecule has 0 bridgehead atoms. The highest BCUT2D eigenvalue weighted by Crippen LogP contribution is 2.32. The van der Waals surface area contributed by atoms with E-state index in [1.807, 2.05) is 30.0 Å². The number of thiazole rings is 1. The smallest absolute Gasteiger partial charge is 0.227 e. The molecule has 1 aromatic heterocycles. The van der Waals surface area contributed by atoms with Gasteiger partial charge in [0.15, 0.2) is 5.13 Å². The molecule has 1 aliphatic rings. The normalized spacial score (nSPS) is 14.5. The summed E-state index contributed by atoms with van der Waals surface area (Å²) in [7, 11) is 1.67. The predicted molar refractivity (Wildman–Crippen MR) is 119 cm³/mol. The molecule has 0 N–H and O–H groups in total. The summed E-state index contributed by atoms with van der Waals surface area (Å²) in [4.78, 5) is 21.9. The van der Waals surface area contributed by atoms with E-state index in [0.717, 1.165) is 53.7 Å². The summed E-state index contributed by atoms with van der Waals surface area (Å²) >= 11 is 1.74. The van der Waals surface area contributed by atoms with Crippen LogP contribution in [0.1, 0.15) is 22.3 Å². The van der Waals surface area contributed by atoms with Crippen LogP contribution in [0.3, 0.4) is 0 Å². The molecule has 1 fully saturated rings. The number of ether oxygens (including phenoxy) is 1. The van der Waals surface area contributed by atoms with Crippen molar-refractivity contribution in [3.8, 4) is 5.75 Å². The van der Waals surface area contributed by atoms with E-state index in [4.69, 9.17) is 9.72 Å². The number of piperazine rings is 1. The van der Waals surface area contributed by atoms with Crippen molar-refractivity contribution in [3.05, 3.63) is 52.6 Å². The lowest BCUT2D eigenvalue weighted by Crippen LogP contribution is -2.49. The maximum absolute atomic E-state index is 12.8. The zero-order valence-electron chi connectivity index (χ0n) is 17.5. The zero-order valence-corrected chi connectivity index (χ0v) is 18.3. The second-order valence-electron chi connectivity index (χ2n) is 7.70. The fraction of sp³-hybridized carbons (Fsp3) is 0.391. The number of fused-ring (bicyclic) bond motifs is 1. The molecule has 29 heavy (non-hydrogen) atoms. The quantitative estimate of drug-likeness (QED) is 0.650. The SMILES string of the molecule is COc1ccc(CC(=O)N2CCN(c3nc4c(C)c(C)ccc4s3)CC2)cc1C. The van der Waals surface area contributed by atoms with Gasteiger partial charge in [-0.1, -0.05) is 29.5 Å². The molecule has 0 unspecified atom stereocenters. The number of amides is 1. The molecule has 2 aromatic carbocycles. The van der Waals surface area contributed by atoms with Crippen molar-refractivity contribution in [2.24, 2.45) is 0 Å². The van der Waals surface area contributed by atoms with Gasteiger partial charge in [0.25, 0.3) is 0 Å². The molecule has 0 atom stereocenters. The maximum Gasteiger partial charge on any atom is 0.227 e. The van der Waals surface area contributed by atoms with Crippen molar-refractivity contribution in [1.29, 1.82) is 0 Å². The van der Waals surface area contributed by atoms with E-state index >= 15 is 0 Å². The molecule has 2 heterocycles. The van der Waals surface area contributed by atoms with Gasteiger partial charge in [-0.25, -0.2) is 4.98 Å². The summed E-state index contributed by atoms with van der Waals surface area (Å²) in [6.07, 6.45) is 0.435. The number of aromatic nitrogens is 1. The largest absolute Gasteiger partial charge is 0.496 e. The molecule has 0 aliphatic carbocycles. The lowest BCUT2D eigenvalue weighted by molar-refractivity contribution is -0.130. The minimum atomic E-state index is 0.185. The number of aryl methyl sites for hydroxylation is 3. The van der Waals surface area contributed by atoms with Crippen molar-refractivity contribution in [1.82, 2.24) is 9.88 Å². The molecule has 1 amide bonds. The van der Waals surface area contributed by atoms with Crippen molar-refractivity contribution in [2.45, 2.75) is 27.2 Å². The van der Waals surface area contributed by atoms with Gasteiger partial charge >= 0.3 is 0 Å². The first-order valence-electron chi connectivity index (χ1n) is 9.99. The van der Waals surface area contributed by atoms with E-state index in [9.17, 15) is 4.79 Å². The van der Waals surface area contributed by atoms with Gasteiger partial charge in [0.1, 0.15) is 5.75 Å². The summed E-state index contributed by atoms with van der Waals surface area (Å²) in [6, 6.07) is 10.3. The van der Waals surface area contributed by atoms with Crippen LogP contribution in [0.15, 0.2) is 30.3 Å². The van der Waals surface area contributed by atoms with Gasteiger partial charge in [-0.15, -0.1) is 0 Å². The second-order valence-corrected chi connectivity index (χ2v) is 8.71. The van der Waals surface area contributed by atoms with E-state index in [1.165, 1.54) is 15.8 Å². The number of hydrogen-bond acceptors (Lipinski definition) is 5. The number of rotatable bonds is 4. The number of methoxy groups -OCH3 is 1. The Morgan fingerprint density at radius 2 is 1.83 bits per heavy atom. The first-order chi connectivity index (χ1) is 14.0. The van der Waals surface area contributed by atoms with Crippen LogP contribution < -0.4 is 9.64 Å². The molecular weight excluding hydrogens is 382 g/mol. The first-order valence-corrected chi connectivity index (χ1v) is 10.8. The second kappa shape index (κ2) is 8.03. The van der Waals surface area contributed by atoms with Gasteiger partial charge in [-0.05, 0) is 55.2 Å². The van der Waals surface area contributed by atoms with E-state index in [-0.39, 0.29) is 5.91 Å². The third kappa shape index (κ3) is 3.94. The van der Waals surface area contributed by atoms with E-state index in [1.54, 1.807) is 18.4 Å². The number of carbonyl (C=O) groups is 1. The van der Waals surface area contributed by atoms with Crippen LogP contribution in [-0.2, 0) is 11.2 Å². The van der Waals surface area contributed by atoms with Crippen molar-refractivity contribution in [3.63, 3.8) is 0 Å². The molecule has 4 rings (SSSR count). The lowest BCUT2D eigenvalue weighted by atomic mass is 10.1. The molecule has 1 saturated heterocycles. The summed E-state index contributed by atoms with van der Waals surface area (Å²) in [5, 5.41) is 1.06. The van der Waals surface area contributed by atoms with Crippen LogP contribution >= 0.6 is 11.3 Å². The molecule has 1 aliphatic heterocycles. The van der Waals surface area contributed by atoms with Crippen LogP contribution in [-0.4, -0.2) is 49.1 Å². The van der Waals surface area contributed by atoms with Crippen molar-refractivity contribution < 1.29 is 9.53 Å². The monoisotopic (exact) mass is 409 g/mol. The Labute approximate surface area is 175 Å². The molecular formula is C23H27N3O2S. The molecule has 0 radical (unpaired) electrons. The molecule has 0 saturated carbocycles. The third-order valence-electron chi connectivity index (χ3n) is 5.79. The Hall–Kier alpha value is -2.60. The molecule has 5 nitrogen and oxygen atoms in total. The predicted octanol–water partition coefficient (Wildman–Crippen LogP) is 4.12. The minimum absolute atomic E-state index is 0.185. The van der Waals surface area contributed by atoms with Crippen LogP contribution in [0.5, 0.6) is 5.75 Å². The summed E-state index contributed by atoms with van der Waals surface area (Å²) in [5.41, 5.74) is 5.74. The Morgan fingerprint density at radius 1 is 1.07 bits per heavy atom. The number of benzene rings is 2. The van der Waals surface area contributed by atoms with Gasteiger partial charge in [-0.3, -0.25) is 4.79 Å². The van der Waals surface area contributed by atoms with E-state index in [0.29, 0.717) is 6.42 Å². The summed E-state index contributed by atoms with van der Waals surface area (Å²) < 4.78 is 6.54. The van der Waals surface area contributed by atoms with Crippen LogP contribution in [0.4, 0.5) is 5.13 Å². The number of hydrogen-bond donors (Lipinski definition) is 0. The number of anilines is 1. The average Bonchev–Trinajstić information content (AvgIpc) is 3.16. The van der Waals surface area contributed by atoms with E-state index in [2.05, 4.69) is 30.9 Å².